The highest BCUT2D eigenvalue weighted by atomic mass is 16.3. The highest BCUT2D eigenvalue weighted by Gasteiger charge is 1.85. The molecule has 1 heteroatoms. The summed E-state index contributed by atoms with van der Waals surface area (Å²) in [6.45, 7) is 12.6. The molecule has 1 nitrogen and oxygen atoms in total. The molecule has 0 aliphatic heterocycles. The van der Waals surface area contributed by atoms with Crippen molar-refractivity contribution in [3.63, 3.8) is 0 Å². The van der Waals surface area contributed by atoms with Gasteiger partial charge in [0.15, 0.2) is 0 Å². The van der Waals surface area contributed by atoms with Gasteiger partial charge in [-0.3, -0.25) is 0 Å². The van der Waals surface area contributed by atoms with Crippen LogP contribution < -0.4 is 0 Å². The van der Waals surface area contributed by atoms with E-state index in [1.165, 1.54) is 6.08 Å². The van der Waals surface area contributed by atoms with E-state index in [-0.39, 0.29) is 5.76 Å². The average molecular weight is 140 g/mol. The van der Waals surface area contributed by atoms with Crippen molar-refractivity contribution >= 4 is 0 Å². The summed E-state index contributed by atoms with van der Waals surface area (Å²) in [5, 5.41) is 8.82. The number of allylic oxidation sites excluding steroid dienone is 3. The number of hydrogen-bond acceptors (Lipinski definition) is 1. The van der Waals surface area contributed by atoms with E-state index in [2.05, 4.69) is 13.2 Å². The molecule has 0 rings (SSSR count). The fourth-order valence-corrected chi connectivity index (χ4v) is 0.266. The van der Waals surface area contributed by atoms with Crippen molar-refractivity contribution in [1.29, 1.82) is 0 Å². The van der Waals surface area contributed by atoms with Crippen LogP contribution in [0.25, 0.3) is 0 Å². The van der Waals surface area contributed by atoms with E-state index in [9.17, 15) is 0 Å². The van der Waals surface area contributed by atoms with E-state index in [4.69, 9.17) is 5.11 Å². The first-order valence-electron chi connectivity index (χ1n) is 3.37. The summed E-state index contributed by atoms with van der Waals surface area (Å²) < 4.78 is 0. The molecular weight excluding hydrogens is 124 g/mol. The molecule has 0 saturated carbocycles. The van der Waals surface area contributed by atoms with Gasteiger partial charge >= 0.3 is 0 Å². The number of aliphatic hydroxyl groups excluding tert-OH is 1. The lowest BCUT2D eigenvalue weighted by Gasteiger charge is -1.91. The third kappa shape index (κ3) is 5.16. The van der Waals surface area contributed by atoms with Crippen molar-refractivity contribution in [2.24, 2.45) is 0 Å². The van der Waals surface area contributed by atoms with Crippen molar-refractivity contribution in [2.75, 3.05) is 0 Å². The Labute approximate surface area is 63.4 Å². The summed E-state index contributed by atoms with van der Waals surface area (Å²) in [7, 11) is 0. The Morgan fingerprint density at radius 1 is 1.20 bits per heavy atom. The Kier molecular flexibility index (Phi) is 9.44. The van der Waals surface area contributed by atoms with Crippen LogP contribution in [-0.2, 0) is 0 Å². The molecule has 1 N–H and O–H groups in total. The van der Waals surface area contributed by atoms with Crippen LogP contribution in [-0.4, -0.2) is 5.11 Å². The molecule has 0 atom stereocenters. The first-order chi connectivity index (χ1) is 4.72. The van der Waals surface area contributed by atoms with Crippen LogP contribution in [0.2, 0.25) is 0 Å². The van der Waals surface area contributed by atoms with Gasteiger partial charge in [0.05, 0.1) is 0 Å². The Balaban J connectivity index is 0. The number of aliphatic hydroxyl groups is 1. The first-order valence-corrected chi connectivity index (χ1v) is 3.37. The standard InChI is InChI=1S/C7H10O.C2H6/c1-4-6(3)7(8)5-2;1-2/h4-5,8H,1-2H2,3H3;1-2H3/b7-6+;. The SMILES string of the molecule is C=C/C(C)=C(/O)C=C.CC. The van der Waals surface area contributed by atoms with Crippen molar-refractivity contribution in [3.8, 4) is 0 Å². The number of hydrogen-bond donors (Lipinski definition) is 1. The third-order valence-corrected chi connectivity index (χ3v) is 0.904. The Morgan fingerprint density at radius 3 is 1.70 bits per heavy atom. The van der Waals surface area contributed by atoms with E-state index in [0.29, 0.717) is 0 Å². The molecule has 0 aromatic rings. The van der Waals surface area contributed by atoms with Gasteiger partial charge in [-0.1, -0.05) is 33.1 Å². The van der Waals surface area contributed by atoms with Crippen LogP contribution in [0, 0.1) is 0 Å². The van der Waals surface area contributed by atoms with Crippen LogP contribution in [0.15, 0.2) is 36.6 Å². The maximum atomic E-state index is 8.82. The van der Waals surface area contributed by atoms with Gasteiger partial charge in [-0.2, -0.15) is 0 Å². The largest absolute Gasteiger partial charge is 0.508 e. The van der Waals surface area contributed by atoms with E-state index in [1.807, 2.05) is 13.8 Å². The quantitative estimate of drug-likeness (QED) is 0.461. The van der Waals surface area contributed by atoms with Crippen LogP contribution in [0.3, 0.4) is 0 Å². The summed E-state index contributed by atoms with van der Waals surface area (Å²) in [6.07, 6.45) is 2.97. The molecule has 0 saturated heterocycles. The molecule has 0 aliphatic rings. The van der Waals surface area contributed by atoms with Gasteiger partial charge in [0.1, 0.15) is 5.76 Å². The van der Waals surface area contributed by atoms with Crippen molar-refractivity contribution in [1.82, 2.24) is 0 Å². The molecule has 0 spiro atoms. The molecule has 0 radical (unpaired) electrons. The lowest BCUT2D eigenvalue weighted by molar-refractivity contribution is 0.428. The molecule has 0 amide bonds. The second-order valence-electron chi connectivity index (χ2n) is 1.48. The predicted molar refractivity (Wildman–Crippen MR) is 47.1 cm³/mol. The van der Waals surface area contributed by atoms with Gasteiger partial charge in [0, 0.05) is 0 Å². The Hall–Kier alpha value is -0.980. The molecule has 0 aromatic carbocycles. The topological polar surface area (TPSA) is 20.2 Å². The third-order valence-electron chi connectivity index (χ3n) is 0.904. The lowest BCUT2D eigenvalue weighted by Crippen LogP contribution is -1.76. The van der Waals surface area contributed by atoms with E-state index < -0.39 is 0 Å². The van der Waals surface area contributed by atoms with Crippen LogP contribution in [0.4, 0.5) is 0 Å². The summed E-state index contributed by atoms with van der Waals surface area (Å²) in [5.41, 5.74) is 0.750. The molecule has 0 fully saturated rings. The van der Waals surface area contributed by atoms with Crippen molar-refractivity contribution in [3.05, 3.63) is 36.6 Å². The zero-order valence-electron chi connectivity index (χ0n) is 7.02. The molecule has 0 heterocycles. The summed E-state index contributed by atoms with van der Waals surface area (Å²) in [4.78, 5) is 0. The fraction of sp³-hybridized carbons (Fsp3) is 0.333. The zero-order valence-corrected chi connectivity index (χ0v) is 7.02. The average Bonchev–Trinajstić information content (AvgIpc) is 2.05. The molecule has 0 aliphatic carbocycles. The van der Waals surface area contributed by atoms with Crippen LogP contribution in [0.5, 0.6) is 0 Å². The molecule has 58 valence electrons. The molecule has 10 heavy (non-hydrogen) atoms. The second-order valence-corrected chi connectivity index (χ2v) is 1.48. The van der Waals surface area contributed by atoms with Gasteiger partial charge in [-0.15, -0.1) is 0 Å². The summed E-state index contributed by atoms with van der Waals surface area (Å²) in [5.74, 6) is 0.194. The normalized spacial score (nSPS) is 10.3. The molecule has 0 aromatic heterocycles. The summed E-state index contributed by atoms with van der Waals surface area (Å²) in [6, 6.07) is 0. The maximum absolute atomic E-state index is 8.82. The molecular formula is C9H16O. The first kappa shape index (κ1) is 11.8. The fourth-order valence-electron chi connectivity index (χ4n) is 0.266. The van der Waals surface area contributed by atoms with Crippen LogP contribution in [0.1, 0.15) is 20.8 Å². The second kappa shape index (κ2) is 8.02. The van der Waals surface area contributed by atoms with Gasteiger partial charge in [0.25, 0.3) is 0 Å². The predicted octanol–water partition coefficient (Wildman–Crippen LogP) is 3.22. The zero-order chi connectivity index (χ0) is 8.57. The van der Waals surface area contributed by atoms with Crippen molar-refractivity contribution < 1.29 is 5.11 Å². The van der Waals surface area contributed by atoms with E-state index >= 15 is 0 Å². The highest BCUT2D eigenvalue weighted by molar-refractivity contribution is 5.23. The molecule has 0 bridgehead atoms. The summed E-state index contributed by atoms with van der Waals surface area (Å²) >= 11 is 0. The monoisotopic (exact) mass is 140 g/mol. The van der Waals surface area contributed by atoms with Gasteiger partial charge < -0.3 is 5.11 Å². The van der Waals surface area contributed by atoms with Crippen molar-refractivity contribution in [2.45, 2.75) is 20.8 Å². The van der Waals surface area contributed by atoms with E-state index in [1.54, 1.807) is 13.0 Å². The van der Waals surface area contributed by atoms with E-state index in [0.717, 1.165) is 5.57 Å². The maximum Gasteiger partial charge on any atom is 0.117 e. The minimum Gasteiger partial charge on any atom is -0.508 e. The lowest BCUT2D eigenvalue weighted by atomic mass is 10.2. The minimum absolute atomic E-state index is 0.194. The van der Waals surface area contributed by atoms with Gasteiger partial charge in [0.2, 0.25) is 0 Å². The highest BCUT2D eigenvalue weighted by Crippen LogP contribution is 2.00. The minimum atomic E-state index is 0.194. The van der Waals surface area contributed by atoms with Gasteiger partial charge in [-0.25, -0.2) is 0 Å². The number of rotatable bonds is 2. The molecule has 0 unspecified atom stereocenters. The smallest absolute Gasteiger partial charge is 0.117 e. The van der Waals surface area contributed by atoms with Crippen LogP contribution >= 0.6 is 0 Å². The Bertz CT molecular complexity index is 116. The van der Waals surface area contributed by atoms with Gasteiger partial charge in [-0.05, 0) is 18.6 Å². The Morgan fingerprint density at radius 2 is 1.60 bits per heavy atom.